The van der Waals surface area contributed by atoms with Gasteiger partial charge in [0.05, 0.1) is 5.69 Å². The van der Waals surface area contributed by atoms with E-state index in [0.29, 0.717) is 12.0 Å². The van der Waals surface area contributed by atoms with E-state index in [0.717, 1.165) is 18.7 Å². The Kier molecular flexibility index (Phi) is 4.80. The molecule has 0 aliphatic carbocycles. The van der Waals surface area contributed by atoms with Gasteiger partial charge in [-0.3, -0.25) is 4.98 Å². The summed E-state index contributed by atoms with van der Waals surface area (Å²) in [4.78, 5) is 5.18. The summed E-state index contributed by atoms with van der Waals surface area (Å²) in [6.45, 7) is 3.43. The minimum absolute atomic E-state index is 0.479. The summed E-state index contributed by atoms with van der Waals surface area (Å²) in [5, 5.41) is 6.27. The van der Waals surface area contributed by atoms with E-state index in [1.54, 1.807) is 0 Å². The number of hydrogen-bond acceptors (Lipinski definition) is 2. The first-order valence-corrected chi connectivity index (χ1v) is 9.55. The number of rotatable bonds is 4. The Hall–Kier alpha value is -2.19. The number of fused-ring (bicyclic) bond motifs is 1. The summed E-state index contributed by atoms with van der Waals surface area (Å²) in [7, 11) is 0. The van der Waals surface area contributed by atoms with Crippen molar-refractivity contribution in [3.63, 3.8) is 0 Å². The van der Waals surface area contributed by atoms with Crippen molar-refractivity contribution in [2.24, 2.45) is 0 Å². The summed E-state index contributed by atoms with van der Waals surface area (Å²) in [5.41, 5.74) is 3.55. The van der Waals surface area contributed by atoms with Crippen LogP contribution in [0.15, 0.2) is 60.7 Å². The molecule has 2 heterocycles. The Morgan fingerprint density at radius 3 is 2.60 bits per heavy atom. The molecule has 2 heteroatoms. The van der Waals surface area contributed by atoms with Gasteiger partial charge in [0.1, 0.15) is 0 Å². The van der Waals surface area contributed by atoms with E-state index in [4.69, 9.17) is 4.98 Å². The number of hydrogen-bond donors (Lipinski definition) is 1. The molecule has 2 aromatic carbocycles. The average molecular weight is 330 g/mol. The van der Waals surface area contributed by atoms with Gasteiger partial charge >= 0.3 is 0 Å². The maximum atomic E-state index is 5.18. The Balaban J connectivity index is 1.84. The topological polar surface area (TPSA) is 24.9 Å². The Morgan fingerprint density at radius 2 is 1.84 bits per heavy atom. The number of nitrogens with zero attached hydrogens (tertiary/aromatic N) is 1. The van der Waals surface area contributed by atoms with Gasteiger partial charge in [-0.1, -0.05) is 67.9 Å². The number of aromatic nitrogens is 1. The molecule has 4 rings (SSSR count). The van der Waals surface area contributed by atoms with Gasteiger partial charge in [0.2, 0.25) is 0 Å². The fourth-order valence-electron chi connectivity index (χ4n) is 4.15. The highest BCUT2D eigenvalue weighted by molar-refractivity contribution is 5.94. The molecule has 128 valence electrons. The smallest absolute Gasteiger partial charge is 0.0783 e. The van der Waals surface area contributed by atoms with Crippen molar-refractivity contribution < 1.29 is 0 Å². The second-order valence-electron chi connectivity index (χ2n) is 7.05. The Bertz CT molecular complexity index is 835. The Morgan fingerprint density at radius 1 is 1.04 bits per heavy atom. The maximum absolute atomic E-state index is 5.18. The molecular formula is C23H26N2. The largest absolute Gasteiger partial charge is 0.313 e. The summed E-state index contributed by atoms with van der Waals surface area (Å²) in [6, 6.07) is 22.1. The first-order chi connectivity index (χ1) is 12.4. The van der Waals surface area contributed by atoms with Crippen molar-refractivity contribution in [1.29, 1.82) is 0 Å². The molecule has 1 fully saturated rings. The fourth-order valence-corrected chi connectivity index (χ4v) is 4.15. The minimum atomic E-state index is 0.479. The molecule has 1 saturated heterocycles. The van der Waals surface area contributed by atoms with Crippen molar-refractivity contribution in [2.45, 2.75) is 44.6 Å². The van der Waals surface area contributed by atoms with Gasteiger partial charge in [0.15, 0.2) is 0 Å². The van der Waals surface area contributed by atoms with Crippen LogP contribution in [0.5, 0.6) is 0 Å². The van der Waals surface area contributed by atoms with Crippen LogP contribution in [0.1, 0.15) is 44.2 Å². The number of piperidine rings is 1. The van der Waals surface area contributed by atoms with Gasteiger partial charge in [-0.25, -0.2) is 0 Å². The number of pyridine rings is 1. The van der Waals surface area contributed by atoms with Crippen molar-refractivity contribution in [3.05, 3.63) is 66.4 Å². The van der Waals surface area contributed by atoms with Crippen LogP contribution in [-0.2, 0) is 0 Å². The normalized spacial score (nSPS) is 19.0. The van der Waals surface area contributed by atoms with Gasteiger partial charge < -0.3 is 5.32 Å². The molecule has 1 aliphatic rings. The van der Waals surface area contributed by atoms with Gasteiger partial charge in [0, 0.05) is 28.6 Å². The molecule has 1 aliphatic heterocycles. The first-order valence-electron chi connectivity index (χ1n) is 9.55. The van der Waals surface area contributed by atoms with Crippen molar-refractivity contribution in [1.82, 2.24) is 10.3 Å². The SMILES string of the molecule is CCC(c1cc2ccccc2c(-c2ccccc2)n1)C1CCCCN1. The summed E-state index contributed by atoms with van der Waals surface area (Å²) < 4.78 is 0. The van der Waals surface area contributed by atoms with Crippen LogP contribution in [0.25, 0.3) is 22.0 Å². The molecule has 2 unspecified atom stereocenters. The zero-order valence-corrected chi connectivity index (χ0v) is 14.9. The fraction of sp³-hybridized carbons (Fsp3) is 0.348. The highest BCUT2D eigenvalue weighted by Gasteiger charge is 2.25. The predicted molar refractivity (Wildman–Crippen MR) is 106 cm³/mol. The molecule has 25 heavy (non-hydrogen) atoms. The van der Waals surface area contributed by atoms with Crippen LogP contribution in [0.3, 0.4) is 0 Å². The molecule has 0 bridgehead atoms. The third-order valence-corrected chi connectivity index (χ3v) is 5.46. The zero-order valence-electron chi connectivity index (χ0n) is 14.9. The lowest BCUT2D eigenvalue weighted by Crippen LogP contribution is -2.39. The molecule has 1 N–H and O–H groups in total. The van der Waals surface area contributed by atoms with Crippen LogP contribution < -0.4 is 5.32 Å². The van der Waals surface area contributed by atoms with E-state index in [2.05, 4.69) is 72.9 Å². The number of benzene rings is 2. The molecule has 0 spiro atoms. The van der Waals surface area contributed by atoms with Crippen LogP contribution in [0.2, 0.25) is 0 Å². The van der Waals surface area contributed by atoms with E-state index in [-0.39, 0.29) is 0 Å². The molecule has 1 aromatic heterocycles. The molecular weight excluding hydrogens is 304 g/mol. The van der Waals surface area contributed by atoms with Gasteiger partial charge in [-0.15, -0.1) is 0 Å². The molecule has 0 amide bonds. The minimum Gasteiger partial charge on any atom is -0.313 e. The second kappa shape index (κ2) is 7.37. The summed E-state index contributed by atoms with van der Waals surface area (Å²) in [5.74, 6) is 0.479. The second-order valence-corrected chi connectivity index (χ2v) is 7.05. The average Bonchev–Trinajstić information content (AvgIpc) is 2.69. The highest BCUT2D eigenvalue weighted by atomic mass is 14.9. The molecule has 0 saturated carbocycles. The summed E-state index contributed by atoms with van der Waals surface area (Å²) in [6.07, 6.45) is 5.01. The van der Waals surface area contributed by atoms with E-state index in [1.807, 2.05) is 0 Å². The molecule has 0 radical (unpaired) electrons. The standard InChI is InChI=1S/C23H26N2/c1-2-19(21-14-8-9-15-24-21)22-16-18-12-6-7-13-20(18)23(25-22)17-10-4-3-5-11-17/h3-7,10-13,16,19,21,24H,2,8-9,14-15H2,1H3. The van der Waals surface area contributed by atoms with Crippen LogP contribution in [0, 0.1) is 0 Å². The monoisotopic (exact) mass is 330 g/mol. The first kappa shape index (κ1) is 16.3. The van der Waals surface area contributed by atoms with E-state index in [1.165, 1.54) is 41.3 Å². The highest BCUT2D eigenvalue weighted by Crippen LogP contribution is 2.33. The van der Waals surface area contributed by atoms with Crippen LogP contribution >= 0.6 is 0 Å². The maximum Gasteiger partial charge on any atom is 0.0783 e. The third kappa shape index (κ3) is 3.32. The molecule has 2 nitrogen and oxygen atoms in total. The van der Waals surface area contributed by atoms with E-state index < -0.39 is 0 Å². The van der Waals surface area contributed by atoms with Crippen molar-refractivity contribution in [2.75, 3.05) is 6.54 Å². The zero-order chi connectivity index (χ0) is 17.1. The van der Waals surface area contributed by atoms with Crippen LogP contribution in [0.4, 0.5) is 0 Å². The van der Waals surface area contributed by atoms with Crippen molar-refractivity contribution in [3.8, 4) is 11.3 Å². The van der Waals surface area contributed by atoms with Crippen molar-refractivity contribution >= 4 is 10.8 Å². The van der Waals surface area contributed by atoms with Gasteiger partial charge in [-0.2, -0.15) is 0 Å². The molecule has 2 atom stereocenters. The Labute approximate surface area is 150 Å². The lowest BCUT2D eigenvalue weighted by molar-refractivity contribution is 0.341. The van der Waals surface area contributed by atoms with Gasteiger partial charge in [-0.05, 0) is 37.3 Å². The van der Waals surface area contributed by atoms with Gasteiger partial charge in [0.25, 0.3) is 0 Å². The van der Waals surface area contributed by atoms with E-state index >= 15 is 0 Å². The van der Waals surface area contributed by atoms with E-state index in [9.17, 15) is 0 Å². The van der Waals surface area contributed by atoms with Crippen LogP contribution in [-0.4, -0.2) is 17.6 Å². The lowest BCUT2D eigenvalue weighted by Gasteiger charge is -2.31. The lowest BCUT2D eigenvalue weighted by atomic mass is 9.86. The number of nitrogens with one attached hydrogen (secondary N) is 1. The molecule has 3 aromatic rings. The quantitative estimate of drug-likeness (QED) is 0.679. The predicted octanol–water partition coefficient (Wildman–Crippen LogP) is 5.54. The summed E-state index contributed by atoms with van der Waals surface area (Å²) >= 11 is 0. The third-order valence-electron chi connectivity index (χ3n) is 5.46.